The van der Waals surface area contributed by atoms with Crippen LogP contribution in [0.25, 0.3) is 72.0 Å². The van der Waals surface area contributed by atoms with Gasteiger partial charge in [-0.15, -0.1) is 0 Å². The van der Waals surface area contributed by atoms with Crippen LogP contribution >= 0.6 is 0 Å². The van der Waals surface area contributed by atoms with E-state index in [1.54, 1.807) is 0 Å². The van der Waals surface area contributed by atoms with Gasteiger partial charge in [-0.25, -0.2) is 0 Å². The molecule has 0 saturated carbocycles. The molecule has 0 N–H and O–H groups in total. The maximum atomic E-state index is 9.95. The Morgan fingerprint density at radius 3 is 1.85 bits per heavy atom. The zero-order chi connectivity index (χ0) is 60.3. The predicted molar refractivity (Wildman–Crippen MR) is 215 cm³/mol. The first-order valence-corrected chi connectivity index (χ1v) is 15.3. The van der Waals surface area contributed by atoms with Crippen molar-refractivity contribution >= 4 is 39.6 Å². The Balaban J connectivity index is 1.27. The fourth-order valence-electron chi connectivity index (χ4n) is 6.19. The molecule has 0 atom stereocenters. The van der Waals surface area contributed by atoms with Gasteiger partial charge in [0.15, 0.2) is 0 Å². The number of fused-ring (bicyclic) bond motifs is 7. The number of nitrogens with zero attached hydrogens (tertiary/aromatic N) is 1. The van der Waals surface area contributed by atoms with Crippen LogP contribution in [-0.4, -0.2) is 11.5 Å². The van der Waals surface area contributed by atoms with Crippen molar-refractivity contribution in [2.75, 3.05) is 0 Å². The van der Waals surface area contributed by atoms with Crippen LogP contribution in [0.4, 0.5) is 0 Å². The monoisotopic (exact) mass is 693 g/mol. The molecule has 9 aromatic rings. The lowest BCUT2D eigenvalue weighted by atomic mass is 9.50. The average Bonchev–Trinajstić information content (AvgIpc) is 1.48. The van der Waals surface area contributed by atoms with E-state index in [2.05, 4.69) is 0 Å². The lowest BCUT2D eigenvalue weighted by Crippen LogP contribution is -2.53. The molecule has 0 aliphatic carbocycles. The number of benzene rings is 8. The van der Waals surface area contributed by atoms with Crippen molar-refractivity contribution < 1.29 is 50.5 Å². The second-order valence-electron chi connectivity index (χ2n) is 11.3. The first-order valence-electron chi connectivity index (χ1n) is 30.3. The Kier molecular flexibility index (Phi) is 2.66. The van der Waals surface area contributed by atoms with Gasteiger partial charge in [0, 0.05) is 32.9 Å². The van der Waals surface area contributed by atoms with Crippen molar-refractivity contribution in [2.45, 2.75) is 0 Å². The second kappa shape index (κ2) is 11.4. The third kappa shape index (κ3) is 4.48. The Morgan fingerprint density at radius 1 is 0.423 bits per heavy atom. The molecule has 8 aromatic carbocycles. The lowest BCUT2D eigenvalue weighted by Gasteiger charge is -2.33. The topological polar surface area (TPSA) is 23.4 Å². The van der Waals surface area contributed by atoms with Gasteiger partial charge in [0.05, 0.1) is 52.2 Å². The normalized spacial score (nSPS) is 20.6. The van der Waals surface area contributed by atoms with Gasteiger partial charge in [-0.3, -0.25) is 0 Å². The Morgan fingerprint density at radius 2 is 1.04 bits per heavy atom. The summed E-state index contributed by atoms with van der Waals surface area (Å²) in [6.07, 6.45) is 0. The first kappa shape index (κ1) is 12.2. The van der Waals surface area contributed by atoms with Gasteiger partial charge in [-0.1, -0.05) is 127 Å². The summed E-state index contributed by atoms with van der Waals surface area (Å²) in [5.41, 5.74) is -9.23. The van der Waals surface area contributed by atoms with Crippen molar-refractivity contribution in [3.63, 3.8) is 0 Å². The standard InChI is InChI=1S/C48H30BNO2/c1-2-12-31(13-3-1)32-14-10-15-33(26-32)35-24-25-42-46(29-35)51-47-30-36(28-41-40-20-6-9-23-45(40)52-49(42)48(41)47)34-16-11-17-37(27-34)50-43-21-7-4-18-38(43)39-19-5-8-22-44(39)50/h1-30H/i1D,2D,3D,4D,5D,6D,7D,8D,9D,10D,11D,12D,13D,14D,15D,16D,17D,18D,19D,20D,21D,22D,23D,24D,25D,26D,27D,28D,29D,30D. The van der Waals surface area contributed by atoms with Crippen LogP contribution < -0.4 is 20.3 Å². The molecule has 1 aromatic heterocycles. The molecule has 0 amide bonds. The summed E-state index contributed by atoms with van der Waals surface area (Å²) in [6.45, 7) is -1.96. The van der Waals surface area contributed by atoms with Gasteiger partial charge >= 0.3 is 6.92 Å². The molecule has 242 valence electrons. The molecule has 0 fully saturated rings. The fourth-order valence-corrected chi connectivity index (χ4v) is 6.19. The SMILES string of the molecule is [2H]c1c([2H])c([2H])c(-c2c([2H])c([2H])c([2H])c(-c3c([2H])c([2H])c4c(c3[2H])Oc3c([2H])c(-c5c([2H])c([2H])c([2H])c(-n6c7c([2H])c([2H])c([2H])c([2H])c7c7c([2H])c([2H])c([2H])c([2H])c76)c5[2H])c([2H])c5c3B4Oc3c([2H])c([2H])c([2H])c([2H])c3-5)c2[2H])c([2H])c1[2H]. The van der Waals surface area contributed by atoms with Crippen LogP contribution in [-0.2, 0) is 0 Å². The van der Waals surface area contributed by atoms with Crippen LogP contribution in [0.2, 0.25) is 0 Å². The number of rotatable bonds is 4. The Bertz CT molecular complexity index is 4490. The van der Waals surface area contributed by atoms with Gasteiger partial charge in [0.2, 0.25) is 0 Å². The summed E-state index contributed by atoms with van der Waals surface area (Å²) < 4.78 is 283. The van der Waals surface area contributed by atoms with E-state index >= 15 is 0 Å². The van der Waals surface area contributed by atoms with Crippen molar-refractivity contribution in [1.82, 2.24) is 4.57 Å². The number of hydrogen-bond acceptors (Lipinski definition) is 2. The van der Waals surface area contributed by atoms with Gasteiger partial charge in [-0.2, -0.15) is 0 Å². The van der Waals surface area contributed by atoms with E-state index < -0.39 is 288 Å². The largest absolute Gasteiger partial charge is 0.551 e. The van der Waals surface area contributed by atoms with Crippen molar-refractivity contribution in [3.05, 3.63) is 181 Å². The minimum absolute atomic E-state index is 0.447. The molecule has 0 spiro atoms. The quantitative estimate of drug-likeness (QED) is 0.171. The molecule has 2 aliphatic heterocycles. The van der Waals surface area contributed by atoms with Gasteiger partial charge in [0.25, 0.3) is 0 Å². The molecule has 2 aliphatic rings. The molecule has 3 heterocycles. The van der Waals surface area contributed by atoms with E-state index in [0.29, 0.717) is 0 Å². The highest BCUT2D eigenvalue weighted by molar-refractivity contribution is 6.84. The minimum Gasteiger partial charge on any atom is -0.551 e. The summed E-state index contributed by atoms with van der Waals surface area (Å²) in [5.74, 6) is -2.31. The fraction of sp³-hybridized carbons (Fsp3) is 0. The van der Waals surface area contributed by atoms with Crippen molar-refractivity contribution in [2.24, 2.45) is 0 Å². The molecule has 0 bridgehead atoms. The van der Waals surface area contributed by atoms with Gasteiger partial charge < -0.3 is 14.0 Å². The molecule has 52 heavy (non-hydrogen) atoms. The molecular formula is C48H30BNO2. The first-order chi connectivity index (χ1) is 38.3. The molecule has 0 unspecified atom stereocenters. The highest BCUT2D eigenvalue weighted by atomic mass is 16.5. The van der Waals surface area contributed by atoms with E-state index in [4.69, 9.17) is 36.8 Å². The number of para-hydroxylation sites is 3. The average molecular weight is 694 g/mol. The predicted octanol–water partition coefficient (Wildman–Crippen LogP) is 11.1. The number of aromatic nitrogens is 1. The highest BCUT2D eigenvalue weighted by Crippen LogP contribution is 2.43. The summed E-state index contributed by atoms with van der Waals surface area (Å²) in [6, 6.07) is -27.9. The van der Waals surface area contributed by atoms with Crippen molar-refractivity contribution in [1.29, 1.82) is 0 Å². The molecule has 4 heteroatoms. The summed E-state index contributed by atoms with van der Waals surface area (Å²) in [7, 11) is 0. The number of hydrogen-bond donors (Lipinski definition) is 0. The summed E-state index contributed by atoms with van der Waals surface area (Å²) in [4.78, 5) is 0. The van der Waals surface area contributed by atoms with Gasteiger partial charge in [0.1, 0.15) is 17.2 Å². The lowest BCUT2D eigenvalue weighted by molar-refractivity contribution is 0.480. The number of ether oxygens (including phenoxy) is 1. The molecule has 3 nitrogen and oxygen atoms in total. The Hall–Kier alpha value is -6.78. The summed E-state index contributed by atoms with van der Waals surface area (Å²) >= 11 is 0. The van der Waals surface area contributed by atoms with E-state index in [-0.39, 0.29) is 0 Å². The molecule has 0 saturated heterocycles. The maximum Gasteiger partial charge on any atom is 0.434 e. The Labute approximate surface area is 344 Å². The highest BCUT2D eigenvalue weighted by Gasteiger charge is 2.41. The second-order valence-corrected chi connectivity index (χ2v) is 11.3. The van der Waals surface area contributed by atoms with Crippen LogP contribution in [0, 0.1) is 0 Å². The third-order valence-corrected chi connectivity index (χ3v) is 8.42. The third-order valence-electron chi connectivity index (χ3n) is 8.42. The maximum absolute atomic E-state index is 9.95. The van der Waals surface area contributed by atoms with E-state index in [1.807, 2.05) is 0 Å². The van der Waals surface area contributed by atoms with Crippen LogP contribution in [0.1, 0.15) is 41.1 Å². The zero-order valence-electron chi connectivity index (χ0n) is 55.8. The van der Waals surface area contributed by atoms with Crippen LogP contribution in [0.5, 0.6) is 17.2 Å². The molecule has 0 radical (unpaired) electrons. The van der Waals surface area contributed by atoms with E-state index in [9.17, 15) is 13.7 Å². The summed E-state index contributed by atoms with van der Waals surface area (Å²) in [5, 5.41) is -0.992. The van der Waals surface area contributed by atoms with E-state index in [1.165, 1.54) is 0 Å². The van der Waals surface area contributed by atoms with Gasteiger partial charge in [-0.05, 0) is 93.3 Å². The van der Waals surface area contributed by atoms with Crippen LogP contribution in [0.15, 0.2) is 181 Å². The zero-order valence-corrected chi connectivity index (χ0v) is 25.8. The van der Waals surface area contributed by atoms with E-state index in [0.717, 1.165) is 4.57 Å². The van der Waals surface area contributed by atoms with Crippen molar-refractivity contribution in [3.8, 4) is 67.4 Å². The minimum atomic E-state index is -1.96. The smallest absolute Gasteiger partial charge is 0.434 e. The molecule has 11 rings (SSSR count). The molecular weight excluding hydrogens is 633 g/mol. The van der Waals surface area contributed by atoms with Crippen LogP contribution in [0.3, 0.4) is 0 Å².